The summed E-state index contributed by atoms with van der Waals surface area (Å²) in [5.41, 5.74) is -0.00121. The van der Waals surface area contributed by atoms with E-state index in [1.165, 1.54) is 12.1 Å². The van der Waals surface area contributed by atoms with Crippen LogP contribution >= 0.6 is 0 Å². The molecule has 0 atom stereocenters. The molecule has 0 unspecified atom stereocenters. The fourth-order valence-electron chi connectivity index (χ4n) is 1.93. The summed E-state index contributed by atoms with van der Waals surface area (Å²) in [6.45, 7) is -2.72. The molecule has 0 saturated heterocycles. The number of hydrogen-bond donors (Lipinski definition) is 0. The highest BCUT2D eigenvalue weighted by atomic mass is 19.3. The topological polar surface area (TPSA) is 73.4 Å². The maximum Gasteiger partial charge on any atom is 0.387 e. The molecule has 0 spiro atoms. The number of nitro benzene ring substituents is 1. The lowest BCUT2D eigenvalue weighted by Crippen LogP contribution is -2.19. The Bertz CT molecular complexity index is 675. The van der Waals surface area contributed by atoms with Crippen LogP contribution in [-0.2, 0) is 13.6 Å². The zero-order valence-electron chi connectivity index (χ0n) is 11.9. The SMILES string of the molecule is CN(Cc1nccn1C)c1ccc([N+](=O)[O-])c(OC(F)F)c1. The van der Waals surface area contributed by atoms with Crippen LogP contribution in [0.2, 0.25) is 0 Å². The molecule has 22 heavy (non-hydrogen) atoms. The number of alkyl halides is 2. The Morgan fingerprint density at radius 1 is 1.50 bits per heavy atom. The Labute approximate surface area is 124 Å². The van der Waals surface area contributed by atoms with Gasteiger partial charge in [0.1, 0.15) is 5.82 Å². The number of rotatable bonds is 6. The second-order valence-electron chi connectivity index (χ2n) is 4.60. The highest BCUT2D eigenvalue weighted by molar-refractivity contribution is 5.59. The van der Waals surface area contributed by atoms with Gasteiger partial charge in [-0.2, -0.15) is 8.78 Å². The first-order valence-corrected chi connectivity index (χ1v) is 6.29. The van der Waals surface area contributed by atoms with Gasteiger partial charge in [0.15, 0.2) is 0 Å². The third kappa shape index (κ3) is 3.48. The van der Waals surface area contributed by atoms with Crippen LogP contribution in [0.25, 0.3) is 0 Å². The lowest BCUT2D eigenvalue weighted by atomic mass is 10.2. The molecule has 0 amide bonds. The largest absolute Gasteiger partial charge is 0.427 e. The fourth-order valence-corrected chi connectivity index (χ4v) is 1.93. The quantitative estimate of drug-likeness (QED) is 0.605. The van der Waals surface area contributed by atoms with E-state index in [1.54, 1.807) is 24.3 Å². The van der Waals surface area contributed by atoms with Gasteiger partial charge >= 0.3 is 12.3 Å². The lowest BCUT2D eigenvalue weighted by Gasteiger charge is -2.19. The van der Waals surface area contributed by atoms with E-state index in [4.69, 9.17) is 0 Å². The fraction of sp³-hybridized carbons (Fsp3) is 0.308. The number of imidazole rings is 1. The van der Waals surface area contributed by atoms with E-state index in [-0.39, 0.29) is 0 Å². The van der Waals surface area contributed by atoms with Crippen LogP contribution in [0.15, 0.2) is 30.6 Å². The van der Waals surface area contributed by atoms with Crippen molar-refractivity contribution in [1.82, 2.24) is 9.55 Å². The van der Waals surface area contributed by atoms with Crippen LogP contribution < -0.4 is 9.64 Å². The summed E-state index contributed by atoms with van der Waals surface area (Å²) in [6.07, 6.45) is 3.43. The maximum absolute atomic E-state index is 12.4. The summed E-state index contributed by atoms with van der Waals surface area (Å²) in [6, 6.07) is 3.83. The number of nitro groups is 1. The van der Waals surface area contributed by atoms with E-state index in [1.807, 2.05) is 11.6 Å². The van der Waals surface area contributed by atoms with Crippen LogP contribution in [0.5, 0.6) is 5.75 Å². The third-order valence-corrected chi connectivity index (χ3v) is 3.10. The molecule has 118 valence electrons. The van der Waals surface area contributed by atoms with E-state index >= 15 is 0 Å². The minimum absolute atomic E-state index is 0.412. The van der Waals surface area contributed by atoms with Crippen molar-refractivity contribution in [1.29, 1.82) is 0 Å². The summed E-state index contributed by atoms with van der Waals surface area (Å²) >= 11 is 0. The summed E-state index contributed by atoms with van der Waals surface area (Å²) in [5.74, 6) is 0.293. The monoisotopic (exact) mass is 312 g/mol. The highest BCUT2D eigenvalue weighted by Gasteiger charge is 2.20. The first-order valence-electron chi connectivity index (χ1n) is 6.29. The van der Waals surface area contributed by atoms with Crippen molar-refractivity contribution in [2.24, 2.45) is 7.05 Å². The van der Waals surface area contributed by atoms with Gasteiger partial charge in [0.05, 0.1) is 11.5 Å². The van der Waals surface area contributed by atoms with Crippen molar-refractivity contribution < 1.29 is 18.4 Å². The van der Waals surface area contributed by atoms with Crippen molar-refractivity contribution in [2.75, 3.05) is 11.9 Å². The average Bonchev–Trinajstić information content (AvgIpc) is 2.83. The summed E-state index contributed by atoms with van der Waals surface area (Å²) in [7, 11) is 3.55. The van der Waals surface area contributed by atoms with Crippen molar-refractivity contribution in [2.45, 2.75) is 13.2 Å². The Hall–Kier alpha value is -2.71. The second kappa shape index (κ2) is 6.37. The molecule has 0 saturated carbocycles. The van der Waals surface area contributed by atoms with Crippen molar-refractivity contribution >= 4 is 11.4 Å². The number of aryl methyl sites for hydroxylation is 1. The first-order chi connectivity index (χ1) is 10.4. The minimum Gasteiger partial charge on any atom is -0.427 e. The Balaban J connectivity index is 2.27. The van der Waals surface area contributed by atoms with Gasteiger partial charge in [-0.25, -0.2) is 4.98 Å². The molecule has 0 N–H and O–H groups in total. The van der Waals surface area contributed by atoms with Gasteiger partial charge in [-0.05, 0) is 6.07 Å². The second-order valence-corrected chi connectivity index (χ2v) is 4.60. The van der Waals surface area contributed by atoms with E-state index in [0.29, 0.717) is 12.2 Å². The number of halogens is 2. The van der Waals surface area contributed by atoms with Gasteiger partial charge < -0.3 is 14.2 Å². The van der Waals surface area contributed by atoms with Gasteiger partial charge in [0.25, 0.3) is 0 Å². The Morgan fingerprint density at radius 3 is 2.77 bits per heavy atom. The van der Waals surface area contributed by atoms with Crippen LogP contribution in [-0.4, -0.2) is 28.1 Å². The van der Waals surface area contributed by atoms with Crippen molar-refractivity contribution in [3.05, 3.63) is 46.5 Å². The zero-order chi connectivity index (χ0) is 16.3. The van der Waals surface area contributed by atoms with Crippen molar-refractivity contribution in [3.8, 4) is 5.75 Å². The molecule has 1 aromatic carbocycles. The Morgan fingerprint density at radius 2 is 2.23 bits per heavy atom. The lowest BCUT2D eigenvalue weighted by molar-refractivity contribution is -0.386. The first kappa shape index (κ1) is 15.7. The smallest absolute Gasteiger partial charge is 0.387 e. The van der Waals surface area contributed by atoms with E-state index in [2.05, 4.69) is 9.72 Å². The van der Waals surface area contributed by atoms with Crippen LogP contribution in [0, 0.1) is 10.1 Å². The van der Waals surface area contributed by atoms with Gasteiger partial charge in [0.2, 0.25) is 5.75 Å². The minimum atomic E-state index is -3.13. The van der Waals surface area contributed by atoms with E-state index in [9.17, 15) is 18.9 Å². The number of aromatic nitrogens is 2. The number of hydrogen-bond acceptors (Lipinski definition) is 5. The van der Waals surface area contributed by atoms with Crippen LogP contribution in [0.4, 0.5) is 20.2 Å². The predicted molar refractivity (Wildman–Crippen MR) is 75.0 cm³/mol. The summed E-state index contributed by atoms with van der Waals surface area (Å²) < 4.78 is 30.8. The summed E-state index contributed by atoms with van der Waals surface area (Å²) in [5, 5.41) is 10.8. The number of ether oxygens (including phenoxy) is 1. The molecule has 0 fully saturated rings. The number of benzene rings is 1. The molecule has 1 heterocycles. The van der Waals surface area contributed by atoms with Gasteiger partial charge in [-0.1, -0.05) is 0 Å². The van der Waals surface area contributed by atoms with Crippen LogP contribution in [0.3, 0.4) is 0 Å². The van der Waals surface area contributed by atoms with Gasteiger partial charge in [-0.3, -0.25) is 10.1 Å². The van der Waals surface area contributed by atoms with E-state index in [0.717, 1.165) is 11.9 Å². The maximum atomic E-state index is 12.4. The summed E-state index contributed by atoms with van der Waals surface area (Å²) in [4.78, 5) is 16.0. The molecular formula is C13H14F2N4O3. The number of nitrogens with zero attached hydrogens (tertiary/aromatic N) is 4. The average molecular weight is 312 g/mol. The molecule has 2 aromatic rings. The van der Waals surface area contributed by atoms with Gasteiger partial charge in [0, 0.05) is 44.3 Å². The third-order valence-electron chi connectivity index (χ3n) is 3.10. The molecule has 0 aliphatic heterocycles. The van der Waals surface area contributed by atoms with Gasteiger partial charge in [-0.15, -0.1) is 0 Å². The van der Waals surface area contributed by atoms with Crippen LogP contribution in [0.1, 0.15) is 5.82 Å². The predicted octanol–water partition coefficient (Wildman–Crippen LogP) is 2.57. The van der Waals surface area contributed by atoms with E-state index < -0.39 is 23.0 Å². The highest BCUT2D eigenvalue weighted by Crippen LogP contribution is 2.32. The normalized spacial score (nSPS) is 10.8. The molecule has 0 radical (unpaired) electrons. The molecule has 0 bridgehead atoms. The Kier molecular flexibility index (Phi) is 4.54. The van der Waals surface area contributed by atoms with Crippen molar-refractivity contribution in [3.63, 3.8) is 0 Å². The molecule has 0 aliphatic carbocycles. The standard InChI is InChI=1S/C13H14F2N4O3/c1-17-6-5-16-12(17)8-18(2)9-3-4-10(19(20)21)11(7-9)22-13(14)15/h3-7,13H,8H2,1-2H3. The molecule has 9 heteroatoms. The number of anilines is 1. The molecular weight excluding hydrogens is 298 g/mol. The molecule has 0 aliphatic rings. The zero-order valence-corrected chi connectivity index (χ0v) is 11.9. The molecule has 1 aromatic heterocycles. The molecule has 7 nitrogen and oxygen atoms in total. The molecule has 2 rings (SSSR count).